The first kappa shape index (κ1) is 21.1. The summed E-state index contributed by atoms with van der Waals surface area (Å²) in [5.41, 5.74) is 1.57. The molecule has 28 heavy (non-hydrogen) atoms. The van der Waals surface area contributed by atoms with Crippen molar-refractivity contribution in [3.05, 3.63) is 73.5 Å². The molecule has 3 N–H and O–H groups in total. The monoisotopic (exact) mass is 546 g/mol. The fourth-order valence-electron chi connectivity index (χ4n) is 2.40. The number of anilines is 1. The summed E-state index contributed by atoms with van der Waals surface area (Å²) in [6, 6.07) is 13.7. The van der Waals surface area contributed by atoms with Crippen LogP contribution in [0, 0.1) is 3.57 Å². The molecule has 1 aromatic heterocycles. The standard InChI is InChI=1S/C19H13Cl2IN2O3S/c20-15-5-2-11(8-13(15)17-6-3-12(9-25)27-17)23-19(28)24-18(26)14-7-10(22)1-4-16(14)21/h1-8,25H,9H2,(H2,23,24,26,28). The Labute approximate surface area is 190 Å². The molecule has 1 heterocycles. The van der Waals surface area contributed by atoms with Crippen LogP contribution in [-0.2, 0) is 6.61 Å². The highest BCUT2D eigenvalue weighted by atomic mass is 127. The molecule has 0 aliphatic carbocycles. The van der Waals surface area contributed by atoms with Crippen LogP contribution in [0.2, 0.25) is 10.0 Å². The number of nitrogens with one attached hydrogen (secondary N) is 2. The third-order valence-corrected chi connectivity index (χ3v) is 5.24. The molecule has 0 saturated carbocycles. The maximum absolute atomic E-state index is 12.4. The Morgan fingerprint density at radius 3 is 2.57 bits per heavy atom. The topological polar surface area (TPSA) is 74.5 Å². The highest BCUT2D eigenvalue weighted by molar-refractivity contribution is 14.1. The molecule has 3 aromatic rings. The van der Waals surface area contributed by atoms with Gasteiger partial charge in [-0.3, -0.25) is 10.1 Å². The smallest absolute Gasteiger partial charge is 0.258 e. The lowest BCUT2D eigenvalue weighted by Gasteiger charge is -2.12. The number of rotatable bonds is 4. The van der Waals surface area contributed by atoms with E-state index in [-0.39, 0.29) is 11.7 Å². The largest absolute Gasteiger partial charge is 0.459 e. The summed E-state index contributed by atoms with van der Waals surface area (Å²) >= 11 is 19.7. The Kier molecular flexibility index (Phi) is 6.95. The van der Waals surface area contributed by atoms with Crippen molar-refractivity contribution in [2.75, 3.05) is 5.32 Å². The minimum absolute atomic E-state index is 0.115. The van der Waals surface area contributed by atoms with Gasteiger partial charge in [-0.25, -0.2) is 0 Å². The fourth-order valence-corrected chi connectivity index (χ4v) is 3.52. The predicted molar refractivity (Wildman–Crippen MR) is 123 cm³/mol. The van der Waals surface area contributed by atoms with Gasteiger partial charge >= 0.3 is 0 Å². The van der Waals surface area contributed by atoms with Gasteiger partial charge in [-0.2, -0.15) is 0 Å². The number of aliphatic hydroxyl groups excluding tert-OH is 1. The van der Waals surface area contributed by atoms with Crippen LogP contribution in [0.4, 0.5) is 5.69 Å². The van der Waals surface area contributed by atoms with Crippen LogP contribution in [0.1, 0.15) is 16.1 Å². The van der Waals surface area contributed by atoms with E-state index in [0.717, 1.165) is 3.57 Å². The van der Waals surface area contributed by atoms with Gasteiger partial charge in [-0.1, -0.05) is 23.2 Å². The third-order valence-electron chi connectivity index (χ3n) is 3.71. The van der Waals surface area contributed by atoms with Crippen molar-refractivity contribution in [3.63, 3.8) is 0 Å². The van der Waals surface area contributed by atoms with Crippen LogP contribution in [0.25, 0.3) is 11.3 Å². The second-order valence-corrected chi connectivity index (χ2v) is 8.12. The maximum Gasteiger partial charge on any atom is 0.258 e. The van der Waals surface area contributed by atoms with E-state index in [0.29, 0.717) is 38.4 Å². The molecule has 0 spiro atoms. The lowest BCUT2D eigenvalue weighted by molar-refractivity contribution is 0.0978. The van der Waals surface area contributed by atoms with Gasteiger partial charge in [0.1, 0.15) is 18.1 Å². The number of hydrogen-bond acceptors (Lipinski definition) is 4. The Bertz CT molecular complexity index is 1060. The number of halogens is 3. The van der Waals surface area contributed by atoms with E-state index in [4.69, 9.17) is 44.9 Å². The number of hydrogen-bond donors (Lipinski definition) is 3. The molecule has 3 rings (SSSR count). The average molecular weight is 547 g/mol. The predicted octanol–water partition coefficient (Wildman–Crippen LogP) is 5.48. The number of benzene rings is 2. The van der Waals surface area contributed by atoms with Gasteiger partial charge in [-0.05, 0) is 83.3 Å². The lowest BCUT2D eigenvalue weighted by atomic mass is 10.1. The Hall–Kier alpha value is -1.65. The number of furan rings is 1. The van der Waals surface area contributed by atoms with Gasteiger partial charge in [0.25, 0.3) is 5.91 Å². The molecule has 0 aliphatic rings. The van der Waals surface area contributed by atoms with Crippen molar-refractivity contribution >= 4 is 74.7 Å². The van der Waals surface area contributed by atoms with Crippen LogP contribution in [-0.4, -0.2) is 16.1 Å². The molecule has 0 fully saturated rings. The number of carbonyl (C=O) groups is 1. The summed E-state index contributed by atoms with van der Waals surface area (Å²) in [5.74, 6) is 0.536. The quantitative estimate of drug-likeness (QED) is 0.298. The first-order valence-corrected chi connectivity index (χ1v) is 10.2. The van der Waals surface area contributed by atoms with Gasteiger partial charge < -0.3 is 14.8 Å². The highest BCUT2D eigenvalue weighted by Gasteiger charge is 2.14. The van der Waals surface area contributed by atoms with Gasteiger partial charge in [0.2, 0.25) is 0 Å². The van der Waals surface area contributed by atoms with E-state index in [1.165, 1.54) is 0 Å². The molecular weight excluding hydrogens is 534 g/mol. The van der Waals surface area contributed by atoms with Crippen molar-refractivity contribution in [2.45, 2.75) is 6.61 Å². The van der Waals surface area contributed by atoms with Gasteiger partial charge in [0.05, 0.1) is 15.6 Å². The number of thiocarbonyl (C=S) groups is 1. The fraction of sp³-hybridized carbons (Fsp3) is 0.0526. The maximum atomic E-state index is 12.4. The van der Waals surface area contributed by atoms with Gasteiger partial charge in [0, 0.05) is 14.8 Å². The van der Waals surface area contributed by atoms with E-state index >= 15 is 0 Å². The third kappa shape index (κ3) is 5.03. The SMILES string of the molecule is O=C(NC(=S)Nc1ccc(Cl)c(-c2ccc(CO)o2)c1)c1cc(I)ccc1Cl. The normalized spacial score (nSPS) is 10.6. The first-order valence-electron chi connectivity index (χ1n) is 7.94. The van der Waals surface area contributed by atoms with E-state index in [9.17, 15) is 4.79 Å². The van der Waals surface area contributed by atoms with Crippen molar-refractivity contribution in [3.8, 4) is 11.3 Å². The summed E-state index contributed by atoms with van der Waals surface area (Å²) in [5, 5.41) is 15.6. The lowest BCUT2D eigenvalue weighted by Crippen LogP contribution is -2.34. The molecule has 0 atom stereocenters. The number of aliphatic hydroxyl groups is 1. The second-order valence-electron chi connectivity index (χ2n) is 5.65. The van der Waals surface area contributed by atoms with Crippen molar-refractivity contribution < 1.29 is 14.3 Å². The summed E-state index contributed by atoms with van der Waals surface area (Å²) in [4.78, 5) is 12.4. The first-order chi connectivity index (χ1) is 13.4. The molecule has 1 amide bonds. The Balaban J connectivity index is 1.74. The molecule has 5 nitrogen and oxygen atoms in total. The van der Waals surface area contributed by atoms with E-state index in [1.54, 1.807) is 42.5 Å². The summed E-state index contributed by atoms with van der Waals surface area (Å²) in [7, 11) is 0. The zero-order valence-corrected chi connectivity index (χ0v) is 18.6. The number of carbonyl (C=O) groups excluding carboxylic acids is 1. The molecule has 0 unspecified atom stereocenters. The zero-order valence-electron chi connectivity index (χ0n) is 14.1. The highest BCUT2D eigenvalue weighted by Crippen LogP contribution is 2.32. The number of amides is 1. The summed E-state index contributed by atoms with van der Waals surface area (Å²) in [6.45, 7) is -0.202. The molecule has 2 aromatic carbocycles. The van der Waals surface area contributed by atoms with Crippen molar-refractivity contribution in [2.24, 2.45) is 0 Å². The van der Waals surface area contributed by atoms with Gasteiger partial charge in [0.15, 0.2) is 5.11 Å². The minimum Gasteiger partial charge on any atom is -0.459 e. The Morgan fingerprint density at radius 2 is 1.86 bits per heavy atom. The van der Waals surface area contributed by atoms with Crippen molar-refractivity contribution in [1.29, 1.82) is 0 Å². The summed E-state index contributed by atoms with van der Waals surface area (Å²) in [6.07, 6.45) is 0. The van der Waals surface area contributed by atoms with Crippen LogP contribution >= 0.6 is 58.0 Å². The van der Waals surface area contributed by atoms with E-state index < -0.39 is 5.91 Å². The van der Waals surface area contributed by atoms with Gasteiger partial charge in [-0.15, -0.1) is 0 Å². The van der Waals surface area contributed by atoms with Crippen LogP contribution in [0.3, 0.4) is 0 Å². The molecular formula is C19H13Cl2IN2O3S. The van der Waals surface area contributed by atoms with Crippen molar-refractivity contribution in [1.82, 2.24) is 5.32 Å². The molecule has 0 bridgehead atoms. The molecule has 0 aliphatic heterocycles. The van der Waals surface area contributed by atoms with Crippen LogP contribution < -0.4 is 10.6 Å². The van der Waals surface area contributed by atoms with E-state index in [2.05, 4.69) is 33.2 Å². The van der Waals surface area contributed by atoms with Crippen LogP contribution in [0.5, 0.6) is 0 Å². The van der Waals surface area contributed by atoms with Crippen LogP contribution in [0.15, 0.2) is 52.9 Å². The Morgan fingerprint density at radius 1 is 1.11 bits per heavy atom. The minimum atomic E-state index is -0.408. The molecule has 0 saturated heterocycles. The summed E-state index contributed by atoms with van der Waals surface area (Å²) < 4.78 is 6.41. The molecule has 144 valence electrons. The van der Waals surface area contributed by atoms with E-state index in [1.807, 2.05) is 6.07 Å². The molecule has 9 heteroatoms. The zero-order chi connectivity index (χ0) is 20.3. The molecule has 0 radical (unpaired) electrons. The second kappa shape index (κ2) is 9.23. The average Bonchev–Trinajstić information content (AvgIpc) is 3.14.